The Balaban J connectivity index is 4.01. The highest BCUT2D eigenvalue weighted by molar-refractivity contribution is 5.50. The Morgan fingerprint density at radius 3 is 2.20 bits per heavy atom. The molecular weight excluding hydrogens is 318 g/mol. The molecule has 0 aromatic carbocycles. The lowest BCUT2D eigenvalue weighted by Gasteiger charge is -2.12. The molecule has 0 saturated heterocycles. The normalized spacial score (nSPS) is 14.8. The molecule has 25 heavy (non-hydrogen) atoms. The summed E-state index contributed by atoms with van der Waals surface area (Å²) in [6.45, 7) is 1.98. The number of nitro groups is 1. The van der Waals surface area contributed by atoms with Crippen molar-refractivity contribution in [3.63, 3.8) is 0 Å². The summed E-state index contributed by atoms with van der Waals surface area (Å²) in [6.07, 6.45) is 21.5. The third-order valence-electron chi connectivity index (χ3n) is 3.57. The highest BCUT2D eigenvalue weighted by Gasteiger charge is 2.27. The summed E-state index contributed by atoms with van der Waals surface area (Å²) in [5, 5.41) is 21.0. The predicted molar refractivity (Wildman–Crippen MR) is 102 cm³/mol. The maximum atomic E-state index is 11.1. The summed E-state index contributed by atoms with van der Waals surface area (Å²) in [6, 6.07) is -0.965. The number of aliphatic hydroxyl groups is 1. The van der Waals surface area contributed by atoms with Crippen molar-refractivity contribution in [3.05, 3.63) is 58.7 Å². The summed E-state index contributed by atoms with van der Waals surface area (Å²) in [7, 11) is 0. The minimum atomic E-state index is -0.965. The molecule has 5 heteroatoms. The van der Waals surface area contributed by atoms with Gasteiger partial charge in [-0.25, -0.2) is 0 Å². The molecule has 0 saturated carbocycles. The van der Waals surface area contributed by atoms with E-state index in [-0.39, 0.29) is 6.42 Å². The van der Waals surface area contributed by atoms with Crippen LogP contribution in [0.1, 0.15) is 58.3 Å². The second-order valence-electron chi connectivity index (χ2n) is 5.69. The van der Waals surface area contributed by atoms with Gasteiger partial charge in [-0.3, -0.25) is 14.9 Å². The van der Waals surface area contributed by atoms with E-state index in [1.54, 1.807) is 12.2 Å². The molecule has 0 spiro atoms. The highest BCUT2D eigenvalue weighted by atomic mass is 16.6. The van der Waals surface area contributed by atoms with Crippen LogP contribution in [0.2, 0.25) is 0 Å². The lowest BCUT2D eigenvalue weighted by atomic mass is 10.0. The molecule has 0 rings (SSSR count). The summed E-state index contributed by atoms with van der Waals surface area (Å²) in [4.78, 5) is 20.7. The SMILES string of the molecule is CC/C=C\CC(O)C(C/C=C\C/C=C\C/C=C\CCC[C]=O)[N+](=O)[O-]. The Kier molecular flexibility index (Phi) is 15.5. The lowest BCUT2D eigenvalue weighted by Crippen LogP contribution is -2.32. The van der Waals surface area contributed by atoms with Crippen molar-refractivity contribution in [3.8, 4) is 0 Å². The van der Waals surface area contributed by atoms with Crippen LogP contribution in [0, 0.1) is 10.1 Å². The molecule has 5 nitrogen and oxygen atoms in total. The number of carbonyl (C=O) groups excluding carboxylic acids is 1. The molecule has 1 radical (unpaired) electrons. The molecule has 0 bridgehead atoms. The number of allylic oxidation sites excluding steroid dienone is 6. The van der Waals surface area contributed by atoms with E-state index >= 15 is 0 Å². The molecule has 0 aromatic rings. The van der Waals surface area contributed by atoms with Gasteiger partial charge in [-0.15, -0.1) is 0 Å². The summed E-state index contributed by atoms with van der Waals surface area (Å²) >= 11 is 0. The van der Waals surface area contributed by atoms with Gasteiger partial charge >= 0.3 is 0 Å². The Hall–Kier alpha value is -2.01. The molecular formula is C20H30NO4. The smallest absolute Gasteiger partial charge is 0.242 e. The minimum Gasteiger partial charge on any atom is -0.386 e. The van der Waals surface area contributed by atoms with E-state index < -0.39 is 17.1 Å². The zero-order valence-corrected chi connectivity index (χ0v) is 15.0. The van der Waals surface area contributed by atoms with Crippen LogP contribution in [0.5, 0.6) is 0 Å². The summed E-state index contributed by atoms with van der Waals surface area (Å²) in [5.74, 6) is 0. The molecule has 1 N–H and O–H groups in total. The Morgan fingerprint density at radius 2 is 1.60 bits per heavy atom. The summed E-state index contributed by atoms with van der Waals surface area (Å²) in [5.41, 5.74) is 0. The van der Waals surface area contributed by atoms with Crippen molar-refractivity contribution in [2.24, 2.45) is 0 Å². The van der Waals surface area contributed by atoms with Gasteiger partial charge in [0.25, 0.3) is 0 Å². The number of rotatable bonds is 15. The number of unbranched alkanes of at least 4 members (excludes halogenated alkanes) is 2. The Morgan fingerprint density at radius 1 is 1.00 bits per heavy atom. The van der Waals surface area contributed by atoms with E-state index in [0.717, 1.165) is 25.7 Å². The van der Waals surface area contributed by atoms with Crippen LogP contribution < -0.4 is 0 Å². The van der Waals surface area contributed by atoms with Crippen LogP contribution in [0.15, 0.2) is 48.6 Å². The molecule has 2 atom stereocenters. The van der Waals surface area contributed by atoms with E-state index in [9.17, 15) is 20.0 Å². The Bertz CT molecular complexity index is 466. The molecule has 0 aliphatic rings. The van der Waals surface area contributed by atoms with E-state index in [2.05, 4.69) is 0 Å². The van der Waals surface area contributed by atoms with Crippen molar-refractivity contribution in [2.45, 2.75) is 70.4 Å². The van der Waals surface area contributed by atoms with Crippen LogP contribution in [0.4, 0.5) is 0 Å². The average Bonchev–Trinajstić information content (AvgIpc) is 2.58. The lowest BCUT2D eigenvalue weighted by molar-refractivity contribution is -0.533. The standard InChI is InChI=1S/C20H30NO4/c1-2-3-13-17-20(23)19(21(24)25)16-14-11-9-7-5-4-6-8-10-12-15-18-22/h3,5-8,11,13-14,19-20,23H,2,4,9-10,12,15-17H2,1H3/b7-5-,8-6-,13-3-,14-11-. The van der Waals surface area contributed by atoms with Crippen LogP contribution in [-0.2, 0) is 4.79 Å². The van der Waals surface area contributed by atoms with Gasteiger partial charge < -0.3 is 5.11 Å². The van der Waals surface area contributed by atoms with Gasteiger partial charge in [0.05, 0.1) is 0 Å². The third-order valence-corrected chi connectivity index (χ3v) is 3.57. The Labute approximate surface area is 151 Å². The van der Waals surface area contributed by atoms with Crippen molar-refractivity contribution in [2.75, 3.05) is 0 Å². The largest absolute Gasteiger partial charge is 0.386 e. The number of hydrogen-bond donors (Lipinski definition) is 1. The minimum absolute atomic E-state index is 0.232. The van der Waals surface area contributed by atoms with Crippen LogP contribution in [0.3, 0.4) is 0 Å². The fourth-order valence-corrected chi connectivity index (χ4v) is 2.13. The second kappa shape index (κ2) is 16.8. The molecule has 0 aliphatic heterocycles. The van der Waals surface area contributed by atoms with Crippen molar-refractivity contribution in [1.82, 2.24) is 0 Å². The van der Waals surface area contributed by atoms with Gasteiger partial charge in [0.15, 0.2) is 6.29 Å². The summed E-state index contributed by atoms with van der Waals surface area (Å²) < 4.78 is 0. The quantitative estimate of drug-likeness (QED) is 0.205. The van der Waals surface area contributed by atoms with Crippen LogP contribution in [0.25, 0.3) is 0 Å². The zero-order valence-electron chi connectivity index (χ0n) is 15.0. The number of hydrogen-bond acceptors (Lipinski definition) is 4. The van der Waals surface area contributed by atoms with Gasteiger partial charge in [0.1, 0.15) is 6.10 Å². The highest BCUT2D eigenvalue weighted by Crippen LogP contribution is 2.10. The molecule has 0 aromatic heterocycles. The first-order valence-corrected chi connectivity index (χ1v) is 8.90. The third kappa shape index (κ3) is 14.1. The molecule has 0 amide bonds. The molecule has 2 unspecified atom stereocenters. The van der Waals surface area contributed by atoms with E-state index in [4.69, 9.17) is 0 Å². The molecule has 0 heterocycles. The zero-order chi connectivity index (χ0) is 18.8. The fourth-order valence-electron chi connectivity index (χ4n) is 2.13. The predicted octanol–water partition coefficient (Wildman–Crippen LogP) is 4.47. The van der Waals surface area contributed by atoms with E-state index in [1.165, 1.54) is 0 Å². The van der Waals surface area contributed by atoms with E-state index in [1.807, 2.05) is 49.7 Å². The maximum absolute atomic E-state index is 11.1. The molecule has 139 valence electrons. The second-order valence-corrected chi connectivity index (χ2v) is 5.69. The van der Waals surface area contributed by atoms with Crippen LogP contribution >= 0.6 is 0 Å². The van der Waals surface area contributed by atoms with Crippen molar-refractivity contribution < 1.29 is 14.8 Å². The first kappa shape index (κ1) is 23.0. The van der Waals surface area contributed by atoms with Gasteiger partial charge in [0, 0.05) is 17.8 Å². The number of nitrogens with zero attached hydrogens (tertiary/aromatic N) is 1. The van der Waals surface area contributed by atoms with Gasteiger partial charge in [-0.1, -0.05) is 55.5 Å². The average molecular weight is 348 g/mol. The monoisotopic (exact) mass is 348 g/mol. The molecule has 0 aliphatic carbocycles. The topological polar surface area (TPSA) is 80.4 Å². The van der Waals surface area contributed by atoms with Crippen molar-refractivity contribution in [1.29, 1.82) is 0 Å². The van der Waals surface area contributed by atoms with E-state index in [0.29, 0.717) is 19.3 Å². The fraction of sp³-hybridized carbons (Fsp3) is 0.550. The maximum Gasteiger partial charge on any atom is 0.242 e. The van der Waals surface area contributed by atoms with Gasteiger partial charge in [-0.05, 0) is 38.5 Å². The first-order valence-electron chi connectivity index (χ1n) is 8.90. The van der Waals surface area contributed by atoms with Gasteiger partial charge in [-0.2, -0.15) is 0 Å². The van der Waals surface area contributed by atoms with Gasteiger partial charge in [0.2, 0.25) is 6.04 Å². The molecule has 0 fully saturated rings. The van der Waals surface area contributed by atoms with Crippen LogP contribution in [-0.4, -0.2) is 28.5 Å². The first-order chi connectivity index (χ1) is 12.1. The van der Waals surface area contributed by atoms with Crippen molar-refractivity contribution >= 4 is 6.29 Å². The number of aliphatic hydroxyl groups excluding tert-OH is 1.